The van der Waals surface area contributed by atoms with Crippen LogP contribution in [0.5, 0.6) is 0 Å². The molecule has 3 aromatic carbocycles. The Morgan fingerprint density at radius 3 is 2.22 bits per heavy atom. The third-order valence-corrected chi connectivity index (χ3v) is 9.09. The van der Waals surface area contributed by atoms with Gasteiger partial charge in [0.05, 0.1) is 28.1 Å². The maximum atomic E-state index is 13.9. The van der Waals surface area contributed by atoms with Crippen molar-refractivity contribution in [1.82, 2.24) is 4.57 Å². The highest BCUT2D eigenvalue weighted by Crippen LogP contribution is 2.39. The van der Waals surface area contributed by atoms with Gasteiger partial charge in [0.25, 0.3) is 15.7 Å². The van der Waals surface area contributed by atoms with Crippen molar-refractivity contribution in [2.75, 3.05) is 12.4 Å². The highest BCUT2D eigenvalue weighted by molar-refractivity contribution is 7.99. The second-order valence-electron chi connectivity index (χ2n) is 9.00. The van der Waals surface area contributed by atoms with Crippen molar-refractivity contribution in [2.24, 2.45) is 0 Å². The Bertz CT molecular complexity index is 1550. The Labute approximate surface area is 215 Å². The predicted molar refractivity (Wildman–Crippen MR) is 144 cm³/mol. The van der Waals surface area contributed by atoms with E-state index in [0.29, 0.717) is 17.7 Å². The smallest absolute Gasteiger partial charge is 0.296 e. The molecule has 0 spiro atoms. The highest BCUT2D eigenvalue weighted by Gasteiger charge is 2.32. The maximum Gasteiger partial charge on any atom is 0.297 e. The van der Waals surface area contributed by atoms with Gasteiger partial charge < -0.3 is 0 Å². The Morgan fingerprint density at radius 1 is 0.917 bits per heavy atom. The fourth-order valence-corrected chi connectivity index (χ4v) is 6.89. The fourth-order valence-electron chi connectivity index (χ4n) is 4.58. The zero-order valence-corrected chi connectivity index (χ0v) is 21.8. The molecule has 1 unspecified atom stereocenters. The molecule has 2 heterocycles. The minimum atomic E-state index is -3.93. The van der Waals surface area contributed by atoms with E-state index in [2.05, 4.69) is 12.1 Å². The first-order chi connectivity index (χ1) is 17.3. The normalized spacial score (nSPS) is 15.1. The van der Waals surface area contributed by atoms with Crippen LogP contribution in [0.15, 0.2) is 99.6 Å². The molecule has 0 aliphatic carbocycles. The van der Waals surface area contributed by atoms with Crippen LogP contribution in [0.2, 0.25) is 0 Å². The minimum absolute atomic E-state index is 0.0990. The van der Waals surface area contributed by atoms with Gasteiger partial charge in [0.15, 0.2) is 0 Å². The number of aromatic nitrogens is 1. The first-order valence-corrected chi connectivity index (χ1v) is 14.2. The lowest BCUT2D eigenvalue weighted by atomic mass is 9.95. The lowest BCUT2D eigenvalue weighted by Crippen LogP contribution is -2.30. The maximum absolute atomic E-state index is 13.9. The van der Waals surface area contributed by atoms with Gasteiger partial charge in [-0.2, -0.15) is 8.42 Å². The van der Waals surface area contributed by atoms with Crippen molar-refractivity contribution in [3.63, 3.8) is 0 Å². The molecule has 5 nitrogen and oxygen atoms in total. The Balaban J connectivity index is 1.56. The number of thioether (sulfide) groups is 1. The Kier molecular flexibility index (Phi) is 6.88. The van der Waals surface area contributed by atoms with Crippen molar-refractivity contribution < 1.29 is 12.6 Å². The molecule has 0 fully saturated rings. The van der Waals surface area contributed by atoms with E-state index >= 15 is 0 Å². The van der Waals surface area contributed by atoms with Crippen LogP contribution in [-0.2, 0) is 20.7 Å². The number of nitrogens with zero attached hydrogens (tertiary/aromatic N) is 1. The van der Waals surface area contributed by atoms with Gasteiger partial charge in [0.1, 0.15) is 0 Å². The van der Waals surface area contributed by atoms with Gasteiger partial charge in [-0.15, -0.1) is 11.8 Å². The molecule has 0 saturated carbocycles. The highest BCUT2D eigenvalue weighted by atomic mass is 32.2. The standard InChI is InChI=1S/C29H27NO4S2/c1-20-13-15-25(16-14-20)36(32,33)34-18-24-19-35-29-26(17-22-9-5-3-6-10-22)21(2)27(28(31)30(24)29)23-11-7-4-8-12-23/h3-16,24H,17-19H2,1-2H3. The van der Waals surface area contributed by atoms with Crippen LogP contribution >= 0.6 is 11.8 Å². The molecule has 1 aromatic heterocycles. The summed E-state index contributed by atoms with van der Waals surface area (Å²) in [5, 5.41) is 0.891. The van der Waals surface area contributed by atoms with E-state index in [4.69, 9.17) is 4.18 Å². The van der Waals surface area contributed by atoms with Crippen LogP contribution in [0.3, 0.4) is 0 Å². The van der Waals surface area contributed by atoms with E-state index in [0.717, 1.165) is 32.8 Å². The Hall–Kier alpha value is -3.13. The summed E-state index contributed by atoms with van der Waals surface area (Å²) in [6, 6.07) is 26.0. The van der Waals surface area contributed by atoms with Crippen LogP contribution in [0, 0.1) is 13.8 Å². The van der Waals surface area contributed by atoms with Crippen LogP contribution in [-0.4, -0.2) is 25.3 Å². The minimum Gasteiger partial charge on any atom is -0.296 e. The third-order valence-electron chi connectivity index (χ3n) is 6.53. The molecule has 0 radical (unpaired) electrons. The molecule has 184 valence electrons. The summed E-state index contributed by atoms with van der Waals surface area (Å²) in [7, 11) is -3.93. The zero-order valence-electron chi connectivity index (χ0n) is 20.2. The topological polar surface area (TPSA) is 65.4 Å². The van der Waals surface area contributed by atoms with E-state index in [9.17, 15) is 13.2 Å². The summed E-state index contributed by atoms with van der Waals surface area (Å²) in [5.41, 5.74) is 5.57. The summed E-state index contributed by atoms with van der Waals surface area (Å²) < 4.78 is 32.9. The summed E-state index contributed by atoms with van der Waals surface area (Å²) >= 11 is 1.59. The largest absolute Gasteiger partial charge is 0.297 e. The molecule has 0 amide bonds. The lowest BCUT2D eigenvalue weighted by Gasteiger charge is -2.20. The summed E-state index contributed by atoms with van der Waals surface area (Å²) in [6.45, 7) is 3.81. The van der Waals surface area contributed by atoms with E-state index in [1.807, 2.05) is 62.4 Å². The zero-order chi connectivity index (χ0) is 25.3. The summed E-state index contributed by atoms with van der Waals surface area (Å²) in [5.74, 6) is 0.568. The van der Waals surface area contributed by atoms with Crippen LogP contribution in [0.1, 0.15) is 28.3 Å². The number of benzene rings is 3. The third kappa shape index (κ3) is 4.78. The average molecular weight is 518 g/mol. The number of hydrogen-bond acceptors (Lipinski definition) is 5. The van der Waals surface area contributed by atoms with E-state index < -0.39 is 16.2 Å². The lowest BCUT2D eigenvalue weighted by molar-refractivity contribution is 0.263. The van der Waals surface area contributed by atoms with Crippen LogP contribution < -0.4 is 5.56 Å². The van der Waals surface area contributed by atoms with Gasteiger partial charge in [-0.25, -0.2) is 0 Å². The second-order valence-corrected chi connectivity index (χ2v) is 11.6. The van der Waals surface area contributed by atoms with Crippen molar-refractivity contribution in [3.05, 3.63) is 118 Å². The van der Waals surface area contributed by atoms with Gasteiger partial charge in [-0.3, -0.25) is 13.5 Å². The van der Waals surface area contributed by atoms with Crippen molar-refractivity contribution in [2.45, 2.75) is 36.2 Å². The van der Waals surface area contributed by atoms with E-state index in [1.165, 1.54) is 0 Å². The van der Waals surface area contributed by atoms with E-state index in [-0.39, 0.29) is 17.1 Å². The number of rotatable bonds is 7. The SMILES string of the molecule is Cc1ccc(S(=O)(=O)OCC2CSc3c(Cc4ccccc4)c(C)c(-c4ccccc4)c(=O)n32)cc1. The number of aryl methyl sites for hydroxylation is 1. The van der Waals surface area contributed by atoms with Gasteiger partial charge in [0, 0.05) is 12.2 Å². The average Bonchev–Trinajstić information content (AvgIpc) is 3.31. The van der Waals surface area contributed by atoms with Crippen molar-refractivity contribution >= 4 is 21.9 Å². The molecule has 1 aliphatic rings. The first-order valence-electron chi connectivity index (χ1n) is 11.8. The molecule has 1 aliphatic heterocycles. The van der Waals surface area contributed by atoms with E-state index in [1.54, 1.807) is 40.6 Å². The molecule has 1 atom stereocenters. The Morgan fingerprint density at radius 2 is 1.56 bits per heavy atom. The first kappa shape index (κ1) is 24.6. The number of fused-ring (bicyclic) bond motifs is 1. The van der Waals surface area contributed by atoms with Gasteiger partial charge in [0.2, 0.25) is 0 Å². The molecule has 4 aromatic rings. The fraction of sp³-hybridized carbons (Fsp3) is 0.207. The van der Waals surface area contributed by atoms with Crippen molar-refractivity contribution in [1.29, 1.82) is 0 Å². The quantitative estimate of drug-likeness (QED) is 0.291. The summed E-state index contributed by atoms with van der Waals surface area (Å²) in [6.07, 6.45) is 0.685. The molecular weight excluding hydrogens is 490 g/mol. The van der Waals surface area contributed by atoms with Gasteiger partial charge in [-0.1, -0.05) is 78.4 Å². The van der Waals surface area contributed by atoms with Crippen molar-refractivity contribution in [3.8, 4) is 11.1 Å². The van der Waals surface area contributed by atoms with Gasteiger partial charge in [-0.05, 0) is 48.2 Å². The predicted octanol–water partition coefficient (Wildman–Crippen LogP) is 5.78. The monoisotopic (exact) mass is 517 g/mol. The molecule has 5 rings (SSSR count). The number of hydrogen-bond donors (Lipinski definition) is 0. The second kappa shape index (κ2) is 10.1. The molecule has 0 N–H and O–H groups in total. The molecule has 36 heavy (non-hydrogen) atoms. The molecular formula is C29H27NO4S2. The molecule has 7 heteroatoms. The molecule has 0 bridgehead atoms. The summed E-state index contributed by atoms with van der Waals surface area (Å²) in [4.78, 5) is 14.0. The van der Waals surface area contributed by atoms with Gasteiger partial charge >= 0.3 is 0 Å². The van der Waals surface area contributed by atoms with Crippen LogP contribution in [0.25, 0.3) is 11.1 Å². The molecule has 0 saturated heterocycles. The number of pyridine rings is 1. The van der Waals surface area contributed by atoms with Crippen LogP contribution in [0.4, 0.5) is 0 Å².